The van der Waals surface area contributed by atoms with Crippen molar-refractivity contribution in [1.29, 1.82) is 5.26 Å². The van der Waals surface area contributed by atoms with Gasteiger partial charge in [0.05, 0.1) is 17.2 Å². The third-order valence-corrected chi connectivity index (χ3v) is 6.41. The van der Waals surface area contributed by atoms with E-state index in [4.69, 9.17) is 10.00 Å². The molecule has 1 aromatic carbocycles. The van der Waals surface area contributed by atoms with Gasteiger partial charge in [0.1, 0.15) is 6.10 Å². The molecule has 0 bridgehead atoms. The predicted octanol–water partition coefficient (Wildman–Crippen LogP) is 5.88. The molecule has 3 heteroatoms. The molecule has 3 rings (SSSR count). The van der Waals surface area contributed by atoms with Crippen molar-refractivity contribution in [2.75, 3.05) is 0 Å². The van der Waals surface area contributed by atoms with Crippen molar-refractivity contribution in [3.8, 4) is 6.07 Å². The van der Waals surface area contributed by atoms with Crippen LogP contribution in [0.25, 0.3) is 0 Å². The number of fused-ring (bicyclic) bond motifs is 1. The van der Waals surface area contributed by atoms with Crippen LogP contribution < -0.4 is 0 Å². The summed E-state index contributed by atoms with van der Waals surface area (Å²) >= 11 is 0. The lowest BCUT2D eigenvalue weighted by molar-refractivity contribution is -0.00628. The summed E-state index contributed by atoms with van der Waals surface area (Å²) in [6.45, 7) is 2.28. The van der Waals surface area contributed by atoms with E-state index in [2.05, 4.69) is 13.0 Å². The maximum absolute atomic E-state index is 12.4. The summed E-state index contributed by atoms with van der Waals surface area (Å²) < 4.78 is 5.78. The van der Waals surface area contributed by atoms with Crippen LogP contribution in [-0.2, 0) is 4.74 Å². The monoisotopic (exact) mass is 353 g/mol. The van der Waals surface area contributed by atoms with Gasteiger partial charge in [0.15, 0.2) is 0 Å². The summed E-state index contributed by atoms with van der Waals surface area (Å²) in [5.74, 6) is 2.27. The van der Waals surface area contributed by atoms with E-state index in [0.717, 1.165) is 30.6 Å². The quantitative estimate of drug-likeness (QED) is 0.474. The van der Waals surface area contributed by atoms with Crippen LogP contribution in [0.4, 0.5) is 0 Å². The number of hydrogen-bond acceptors (Lipinski definition) is 3. The van der Waals surface area contributed by atoms with Gasteiger partial charge in [-0.3, -0.25) is 0 Å². The molecule has 140 valence electrons. The van der Waals surface area contributed by atoms with E-state index < -0.39 is 0 Å². The summed E-state index contributed by atoms with van der Waals surface area (Å²) in [5, 5.41) is 8.85. The molecule has 0 spiro atoms. The molecular weight excluding hydrogens is 322 g/mol. The second kappa shape index (κ2) is 9.21. The van der Waals surface area contributed by atoms with Crippen molar-refractivity contribution in [2.24, 2.45) is 17.8 Å². The average molecular weight is 354 g/mol. The fourth-order valence-electron chi connectivity index (χ4n) is 4.90. The van der Waals surface area contributed by atoms with Crippen molar-refractivity contribution in [3.63, 3.8) is 0 Å². The van der Waals surface area contributed by atoms with Crippen LogP contribution in [0.1, 0.15) is 87.1 Å². The van der Waals surface area contributed by atoms with Crippen molar-refractivity contribution in [2.45, 2.75) is 77.2 Å². The predicted molar refractivity (Wildman–Crippen MR) is 103 cm³/mol. The van der Waals surface area contributed by atoms with Gasteiger partial charge in [-0.05, 0) is 74.1 Å². The highest BCUT2D eigenvalue weighted by atomic mass is 16.5. The summed E-state index contributed by atoms with van der Waals surface area (Å²) in [5.41, 5.74) is 1.11. The number of carbonyl (C=O) groups excluding carboxylic acids is 1. The lowest BCUT2D eigenvalue weighted by atomic mass is 9.66. The third kappa shape index (κ3) is 4.87. The van der Waals surface area contributed by atoms with E-state index in [1.165, 1.54) is 51.4 Å². The Kier molecular flexibility index (Phi) is 6.72. The minimum Gasteiger partial charge on any atom is -0.459 e. The number of esters is 1. The molecule has 0 amide bonds. The number of hydrogen-bond donors (Lipinski definition) is 0. The number of ether oxygens (including phenoxy) is 1. The Morgan fingerprint density at radius 2 is 1.81 bits per heavy atom. The number of nitrogens with zero attached hydrogens (tertiary/aromatic N) is 1. The topological polar surface area (TPSA) is 50.1 Å². The molecule has 0 N–H and O–H groups in total. The molecule has 3 nitrogen and oxygen atoms in total. The van der Waals surface area contributed by atoms with E-state index in [-0.39, 0.29) is 12.1 Å². The van der Waals surface area contributed by atoms with Gasteiger partial charge in [0.25, 0.3) is 0 Å². The largest absolute Gasteiger partial charge is 0.459 e. The zero-order chi connectivity index (χ0) is 18.4. The molecule has 0 heterocycles. The molecule has 0 saturated heterocycles. The Hall–Kier alpha value is -1.82. The van der Waals surface area contributed by atoms with Crippen molar-refractivity contribution in [3.05, 3.63) is 35.4 Å². The highest BCUT2D eigenvalue weighted by Crippen LogP contribution is 2.44. The third-order valence-electron chi connectivity index (χ3n) is 6.41. The fraction of sp³-hybridized carbons (Fsp3) is 0.652. The summed E-state index contributed by atoms with van der Waals surface area (Å²) in [6.07, 6.45) is 12.9. The zero-order valence-corrected chi connectivity index (χ0v) is 16.0. The van der Waals surface area contributed by atoms with Crippen LogP contribution >= 0.6 is 0 Å². The van der Waals surface area contributed by atoms with Gasteiger partial charge in [-0.15, -0.1) is 0 Å². The van der Waals surface area contributed by atoms with Crippen LogP contribution in [0.15, 0.2) is 24.3 Å². The van der Waals surface area contributed by atoms with Crippen LogP contribution in [0, 0.1) is 29.1 Å². The number of benzene rings is 1. The molecule has 0 aromatic heterocycles. The minimum absolute atomic E-state index is 0.0658. The van der Waals surface area contributed by atoms with E-state index >= 15 is 0 Å². The van der Waals surface area contributed by atoms with Crippen LogP contribution in [0.3, 0.4) is 0 Å². The Bertz CT molecular complexity index is 631. The number of unbranched alkanes of at least 4 members (excludes halogenated alkanes) is 2. The maximum Gasteiger partial charge on any atom is 0.338 e. The van der Waals surface area contributed by atoms with Crippen LogP contribution in [-0.4, -0.2) is 12.1 Å². The highest BCUT2D eigenvalue weighted by Gasteiger charge is 2.36. The summed E-state index contributed by atoms with van der Waals surface area (Å²) in [7, 11) is 0. The van der Waals surface area contributed by atoms with E-state index in [1.807, 2.05) is 0 Å². The molecule has 2 saturated carbocycles. The van der Waals surface area contributed by atoms with Gasteiger partial charge in [-0.25, -0.2) is 4.79 Å². The van der Waals surface area contributed by atoms with Crippen molar-refractivity contribution < 1.29 is 9.53 Å². The Morgan fingerprint density at radius 1 is 1.08 bits per heavy atom. The van der Waals surface area contributed by atoms with Gasteiger partial charge in [-0.2, -0.15) is 5.26 Å². The number of rotatable bonds is 6. The zero-order valence-electron chi connectivity index (χ0n) is 16.0. The molecule has 2 aliphatic carbocycles. The summed E-state index contributed by atoms with van der Waals surface area (Å²) in [4.78, 5) is 12.4. The second-order valence-electron chi connectivity index (χ2n) is 8.22. The lowest BCUT2D eigenvalue weighted by Crippen LogP contribution is -2.35. The van der Waals surface area contributed by atoms with Crippen molar-refractivity contribution in [1.82, 2.24) is 0 Å². The highest BCUT2D eigenvalue weighted by molar-refractivity contribution is 5.89. The van der Waals surface area contributed by atoms with Crippen LogP contribution in [0.2, 0.25) is 0 Å². The smallest absolute Gasteiger partial charge is 0.338 e. The normalized spacial score (nSPS) is 28.0. The van der Waals surface area contributed by atoms with Gasteiger partial charge in [0.2, 0.25) is 0 Å². The Morgan fingerprint density at radius 3 is 2.54 bits per heavy atom. The van der Waals surface area contributed by atoms with Gasteiger partial charge in [0, 0.05) is 0 Å². The molecule has 4 atom stereocenters. The first-order chi connectivity index (χ1) is 12.7. The van der Waals surface area contributed by atoms with Gasteiger partial charge >= 0.3 is 5.97 Å². The molecule has 0 aliphatic heterocycles. The molecule has 0 unspecified atom stereocenters. The Balaban J connectivity index is 1.47. The lowest BCUT2D eigenvalue weighted by Gasteiger charge is -2.42. The van der Waals surface area contributed by atoms with Crippen molar-refractivity contribution >= 4 is 5.97 Å². The fourth-order valence-corrected chi connectivity index (χ4v) is 4.90. The molecular formula is C23H31NO2. The average Bonchev–Trinajstić information content (AvgIpc) is 2.68. The van der Waals surface area contributed by atoms with Gasteiger partial charge < -0.3 is 4.74 Å². The Labute approximate surface area is 157 Å². The van der Waals surface area contributed by atoms with E-state index in [1.54, 1.807) is 24.3 Å². The maximum atomic E-state index is 12.4. The first kappa shape index (κ1) is 19.0. The SMILES string of the molecule is CCCCC[C@@H]1CC[C@@H]2C[C@H](OC(=O)c3ccc(C#N)cc3)CC[C@@H]2C1. The first-order valence-electron chi connectivity index (χ1n) is 10.4. The molecule has 0 radical (unpaired) electrons. The molecule has 2 aliphatic rings. The standard InChI is InChI=1S/C23H31NO2/c1-2-3-4-5-17-6-11-21-15-22(13-12-20(21)14-17)26-23(25)19-9-7-18(16-24)8-10-19/h7-10,17,20-22H,2-6,11-15H2,1H3/t17-,20-,21-,22-/m1/s1. The minimum atomic E-state index is -0.244. The second-order valence-corrected chi connectivity index (χ2v) is 8.22. The van der Waals surface area contributed by atoms with E-state index in [9.17, 15) is 4.79 Å². The molecule has 2 fully saturated rings. The number of nitriles is 1. The number of carbonyl (C=O) groups is 1. The first-order valence-corrected chi connectivity index (χ1v) is 10.4. The molecule has 1 aromatic rings. The van der Waals surface area contributed by atoms with Gasteiger partial charge in [-0.1, -0.05) is 39.0 Å². The summed E-state index contributed by atoms with van der Waals surface area (Å²) in [6, 6.07) is 8.80. The molecule has 26 heavy (non-hydrogen) atoms. The van der Waals surface area contributed by atoms with Crippen LogP contribution in [0.5, 0.6) is 0 Å². The van der Waals surface area contributed by atoms with E-state index in [0.29, 0.717) is 11.1 Å².